The fourth-order valence-corrected chi connectivity index (χ4v) is 1.38. The zero-order valence-electron chi connectivity index (χ0n) is 10.8. The van der Waals surface area contributed by atoms with E-state index >= 15 is 0 Å². The minimum Gasteiger partial charge on any atom is -0.0885 e. The zero-order chi connectivity index (χ0) is 11.9. The van der Waals surface area contributed by atoms with Crippen LogP contribution in [0.2, 0.25) is 0 Å². The van der Waals surface area contributed by atoms with Crippen molar-refractivity contribution < 1.29 is 0 Å². The average molecular weight is 219 g/mol. The summed E-state index contributed by atoms with van der Waals surface area (Å²) in [5.74, 6) is 0. The van der Waals surface area contributed by atoms with E-state index in [-0.39, 0.29) is 0 Å². The van der Waals surface area contributed by atoms with Crippen LogP contribution in [0.1, 0.15) is 58.3 Å². The Balaban J connectivity index is 3.22. The monoisotopic (exact) mass is 219 g/mol. The third-order valence-electron chi connectivity index (χ3n) is 2.39. The van der Waals surface area contributed by atoms with Crippen LogP contribution in [0.5, 0.6) is 0 Å². The molecule has 16 heavy (non-hydrogen) atoms. The first kappa shape index (κ1) is 15.2. The van der Waals surface area contributed by atoms with E-state index in [2.05, 4.69) is 50.3 Å². The van der Waals surface area contributed by atoms with Gasteiger partial charge in [-0.1, -0.05) is 63.1 Å². The maximum atomic E-state index is 3.79. The second-order valence-corrected chi connectivity index (χ2v) is 4.04. The van der Waals surface area contributed by atoms with Gasteiger partial charge in [-0.15, -0.1) is 0 Å². The van der Waals surface area contributed by atoms with Crippen LogP contribution < -0.4 is 0 Å². The highest BCUT2D eigenvalue weighted by Gasteiger charge is 1.81. The van der Waals surface area contributed by atoms with Gasteiger partial charge in [0.2, 0.25) is 0 Å². The van der Waals surface area contributed by atoms with Gasteiger partial charge in [0.25, 0.3) is 0 Å². The van der Waals surface area contributed by atoms with Gasteiger partial charge in [0.05, 0.1) is 0 Å². The highest BCUT2D eigenvalue weighted by Crippen LogP contribution is 2.01. The van der Waals surface area contributed by atoms with E-state index in [0.717, 1.165) is 12.8 Å². The summed E-state index contributed by atoms with van der Waals surface area (Å²) in [6, 6.07) is 0. The van der Waals surface area contributed by atoms with E-state index in [0.29, 0.717) is 0 Å². The molecule has 0 aliphatic heterocycles. The van der Waals surface area contributed by atoms with E-state index in [4.69, 9.17) is 0 Å². The van der Waals surface area contributed by atoms with Gasteiger partial charge in [0.1, 0.15) is 0 Å². The molecule has 0 saturated carbocycles. The Hall–Kier alpha value is -0.780. The van der Waals surface area contributed by atoms with E-state index in [1.807, 2.05) is 0 Å². The molecule has 0 bridgehead atoms. The minimum atomic E-state index is 0.993. The molecule has 0 aliphatic carbocycles. The molecule has 0 aromatic rings. The largest absolute Gasteiger partial charge is 0.0885 e. The van der Waals surface area contributed by atoms with Crippen LogP contribution in [-0.4, -0.2) is 0 Å². The topological polar surface area (TPSA) is 0 Å². The van der Waals surface area contributed by atoms with Crippen molar-refractivity contribution in [3.05, 3.63) is 43.4 Å². The smallest absolute Gasteiger partial charge is 0.0345 e. The molecule has 0 heterocycles. The summed E-state index contributed by atoms with van der Waals surface area (Å²) in [7, 11) is 0. The van der Waals surface area contributed by atoms with Gasteiger partial charge in [0.15, 0.2) is 0 Å². The van der Waals surface area contributed by atoms with E-state index in [9.17, 15) is 0 Å². The summed E-state index contributed by atoms with van der Waals surface area (Å²) in [6.07, 6.45) is 23.0. The van der Waals surface area contributed by atoms with Gasteiger partial charge in [-0.05, 0) is 38.5 Å². The van der Waals surface area contributed by atoms with Gasteiger partial charge in [-0.2, -0.15) is 0 Å². The molecule has 0 heteroatoms. The van der Waals surface area contributed by atoms with Crippen LogP contribution >= 0.6 is 0 Å². The maximum Gasteiger partial charge on any atom is -0.0345 e. The number of hydrogen-bond donors (Lipinski definition) is 0. The first-order chi connectivity index (χ1) is 7.91. The number of unbranched alkanes of at least 4 members (excludes halogenated alkanes) is 5. The second kappa shape index (κ2) is 14.2. The van der Waals surface area contributed by atoms with Crippen LogP contribution in [0.4, 0.5) is 0 Å². The van der Waals surface area contributed by atoms with Gasteiger partial charge in [-0.3, -0.25) is 0 Å². The maximum absolute atomic E-state index is 3.79. The summed E-state index contributed by atoms with van der Waals surface area (Å²) in [5.41, 5.74) is 0. The van der Waals surface area contributed by atoms with Gasteiger partial charge < -0.3 is 0 Å². The molecule has 0 rings (SSSR count). The molecule has 0 amide bonds. The Morgan fingerprint density at radius 1 is 0.750 bits per heavy atom. The summed E-state index contributed by atoms with van der Waals surface area (Å²) in [5, 5.41) is 0. The predicted octanol–water partition coefficient (Wildman–Crippen LogP) is 5.63. The molecule has 0 nitrogen and oxygen atoms in total. The average Bonchev–Trinajstić information content (AvgIpc) is 2.31. The Kier molecular flexibility index (Phi) is 13.5. The molecule has 0 aliphatic rings. The molecule has 0 aromatic carbocycles. The van der Waals surface area contributed by atoms with E-state index in [1.165, 1.54) is 38.5 Å². The molecule has 0 N–H and O–H groups in total. The fourth-order valence-electron chi connectivity index (χ4n) is 1.38. The quantitative estimate of drug-likeness (QED) is 0.254. The van der Waals surface area contributed by atoms with Gasteiger partial charge >= 0.3 is 0 Å². The molecule has 1 radical (unpaired) electrons. The lowest BCUT2D eigenvalue weighted by molar-refractivity contribution is 0.805. The van der Waals surface area contributed by atoms with Crippen molar-refractivity contribution in [3.8, 4) is 0 Å². The molecule has 91 valence electrons. The Labute approximate surface area is 102 Å². The van der Waals surface area contributed by atoms with Crippen molar-refractivity contribution in [2.45, 2.75) is 58.3 Å². The van der Waals surface area contributed by atoms with Crippen molar-refractivity contribution >= 4 is 0 Å². The van der Waals surface area contributed by atoms with Gasteiger partial charge in [0, 0.05) is 0 Å². The highest BCUT2D eigenvalue weighted by molar-refractivity contribution is 5.02. The van der Waals surface area contributed by atoms with E-state index in [1.54, 1.807) is 0 Å². The van der Waals surface area contributed by atoms with Crippen LogP contribution in [-0.2, 0) is 0 Å². The molecule has 0 atom stereocenters. The Morgan fingerprint density at radius 2 is 1.31 bits per heavy atom. The normalized spacial score (nSPS) is 12.4. The van der Waals surface area contributed by atoms with E-state index < -0.39 is 0 Å². The van der Waals surface area contributed by atoms with Crippen molar-refractivity contribution in [2.24, 2.45) is 0 Å². The molecule has 0 spiro atoms. The van der Waals surface area contributed by atoms with Crippen LogP contribution in [0, 0.1) is 6.92 Å². The molecule has 0 aromatic heterocycles. The minimum absolute atomic E-state index is 0.993. The van der Waals surface area contributed by atoms with Crippen LogP contribution in [0.15, 0.2) is 36.5 Å². The van der Waals surface area contributed by atoms with Gasteiger partial charge in [-0.25, -0.2) is 0 Å². The Bertz CT molecular complexity index is 196. The van der Waals surface area contributed by atoms with Crippen LogP contribution in [0.25, 0.3) is 0 Å². The fraction of sp³-hybridized carbons (Fsp3) is 0.562. The SMILES string of the molecule is [CH2]CC/C=C/C=C/CCC/C=C\CCCC. The lowest BCUT2D eigenvalue weighted by atomic mass is 10.2. The third kappa shape index (κ3) is 13.2. The van der Waals surface area contributed by atoms with Crippen LogP contribution in [0.3, 0.4) is 0 Å². The molecule has 0 unspecified atom stereocenters. The van der Waals surface area contributed by atoms with Crippen molar-refractivity contribution in [1.29, 1.82) is 0 Å². The molecular weight excluding hydrogens is 192 g/mol. The highest BCUT2D eigenvalue weighted by atomic mass is 13.9. The lowest BCUT2D eigenvalue weighted by Gasteiger charge is -1.91. The third-order valence-corrected chi connectivity index (χ3v) is 2.39. The molecule has 0 saturated heterocycles. The first-order valence-corrected chi connectivity index (χ1v) is 6.67. The van der Waals surface area contributed by atoms with Crippen molar-refractivity contribution in [2.75, 3.05) is 0 Å². The van der Waals surface area contributed by atoms with Crippen molar-refractivity contribution in [1.82, 2.24) is 0 Å². The van der Waals surface area contributed by atoms with Crippen molar-refractivity contribution in [3.63, 3.8) is 0 Å². The summed E-state index contributed by atoms with van der Waals surface area (Å²) < 4.78 is 0. The zero-order valence-corrected chi connectivity index (χ0v) is 10.8. The number of allylic oxidation sites excluding steroid dienone is 6. The molecular formula is C16H27. The summed E-state index contributed by atoms with van der Waals surface area (Å²) in [6.45, 7) is 6.03. The number of hydrogen-bond acceptors (Lipinski definition) is 0. The lowest BCUT2D eigenvalue weighted by Crippen LogP contribution is -1.70. The predicted molar refractivity (Wildman–Crippen MR) is 75.4 cm³/mol. The number of rotatable bonds is 10. The first-order valence-electron chi connectivity index (χ1n) is 6.67. The summed E-state index contributed by atoms with van der Waals surface area (Å²) >= 11 is 0. The Morgan fingerprint density at radius 3 is 1.94 bits per heavy atom. The standard InChI is InChI=1S/C16H27/c1-3-5-7-9-11-13-15-16-14-12-10-8-6-4-2/h7,9-13H,1,3-6,8,14-16H2,2H3/b9-7+,12-10-,13-11+. The summed E-state index contributed by atoms with van der Waals surface area (Å²) in [4.78, 5) is 0. The second-order valence-electron chi connectivity index (χ2n) is 4.04. The molecule has 0 fully saturated rings.